The molecule has 0 amide bonds. The first-order chi connectivity index (χ1) is 5.34. The van der Waals surface area contributed by atoms with Crippen LogP contribution in [0.3, 0.4) is 0 Å². The summed E-state index contributed by atoms with van der Waals surface area (Å²) in [6.45, 7) is 0.0625. The Kier molecular flexibility index (Phi) is 4.58. The van der Waals surface area contributed by atoms with Crippen LogP contribution in [0, 0.1) is 0 Å². The number of halogens is 2. The molecule has 0 heterocycles. The summed E-state index contributed by atoms with van der Waals surface area (Å²) in [7, 11) is -1.64. The first-order valence-electron chi connectivity index (χ1n) is 3.37. The van der Waals surface area contributed by atoms with Gasteiger partial charge in [0.05, 0.1) is 0 Å². The smallest absolute Gasteiger partial charge is 0.309 e. The van der Waals surface area contributed by atoms with Crippen LogP contribution in [-0.4, -0.2) is 45.0 Å². The Labute approximate surface area is 71.0 Å². The lowest BCUT2D eigenvalue weighted by Crippen LogP contribution is -2.23. The molecule has 4 nitrogen and oxygen atoms in total. The van der Waals surface area contributed by atoms with Crippen molar-refractivity contribution >= 4 is 10.4 Å². The average molecular weight is 202 g/mol. The summed E-state index contributed by atoms with van der Waals surface area (Å²) in [4.78, 5) is 1.75. The van der Waals surface area contributed by atoms with Gasteiger partial charge < -0.3 is 4.90 Å². The molecule has 0 aromatic heterocycles. The van der Waals surface area contributed by atoms with Crippen LogP contribution in [-0.2, 0) is 10.4 Å². The van der Waals surface area contributed by atoms with Gasteiger partial charge in [0, 0.05) is 6.54 Å². The normalized spacial score (nSPS) is 12.8. The minimum Gasteiger partial charge on any atom is -0.309 e. The van der Waals surface area contributed by atoms with E-state index < -0.39 is 21.5 Å². The Morgan fingerprint density at radius 2 is 1.75 bits per heavy atom. The maximum Gasteiger partial charge on any atom is 0.401 e. The second-order valence-corrected chi connectivity index (χ2v) is 3.83. The van der Waals surface area contributed by atoms with Crippen molar-refractivity contribution in [2.45, 2.75) is 6.42 Å². The second kappa shape index (κ2) is 4.68. The maximum absolute atomic E-state index is 12.2. The fourth-order valence-corrected chi connectivity index (χ4v) is 0.967. The summed E-state index contributed by atoms with van der Waals surface area (Å²) >= 11 is 0. The van der Waals surface area contributed by atoms with Crippen molar-refractivity contribution in [2.75, 3.05) is 27.2 Å². The second-order valence-electron chi connectivity index (χ2n) is 2.61. The molecule has 0 saturated heterocycles. The number of nitrogens with zero attached hydrogens (tertiary/aromatic N) is 2. The summed E-state index contributed by atoms with van der Waals surface area (Å²) in [6.07, 6.45) is 0.257. The van der Waals surface area contributed by atoms with E-state index in [4.69, 9.17) is 0 Å². The Morgan fingerprint density at radius 1 is 1.25 bits per heavy atom. The molecule has 0 fully saturated rings. The zero-order valence-corrected chi connectivity index (χ0v) is 7.81. The third kappa shape index (κ3) is 5.39. The quantitative estimate of drug-likeness (QED) is 0.477. The summed E-state index contributed by atoms with van der Waals surface area (Å²) in [5.74, 6) is 0. The highest BCUT2D eigenvalue weighted by molar-refractivity contribution is 7.83. The Hall–Kier alpha value is -0.270. The van der Waals surface area contributed by atoms with Gasteiger partial charge in [0.1, 0.15) is 0 Å². The number of rotatable bonds is 5. The lowest BCUT2D eigenvalue weighted by molar-refractivity contribution is 0.124. The molecule has 0 unspecified atom stereocenters. The minimum absolute atomic E-state index is 0.257. The molecule has 7 heteroatoms. The topological polar surface area (TPSA) is 40.6 Å². The van der Waals surface area contributed by atoms with E-state index in [9.17, 15) is 16.8 Å². The van der Waals surface area contributed by atoms with E-state index in [0.717, 1.165) is 0 Å². The predicted molar refractivity (Wildman–Crippen MR) is 41.0 cm³/mol. The van der Waals surface area contributed by atoms with Crippen molar-refractivity contribution in [3.63, 3.8) is 0 Å². The Balaban J connectivity index is 3.66. The lowest BCUT2D eigenvalue weighted by Gasteiger charge is -2.10. The molecule has 0 aliphatic rings. The summed E-state index contributed by atoms with van der Waals surface area (Å²) in [5.41, 5.74) is 0. The molecule has 0 rings (SSSR count). The van der Waals surface area contributed by atoms with Crippen LogP contribution in [0.1, 0.15) is 6.42 Å². The van der Waals surface area contributed by atoms with E-state index in [1.165, 1.54) is 0 Å². The highest BCUT2D eigenvalue weighted by atomic mass is 32.3. The molecular weight excluding hydrogens is 190 g/mol. The first kappa shape index (κ1) is 11.7. The fraction of sp³-hybridized carbons (Fsp3) is 1.00. The van der Waals surface area contributed by atoms with Crippen molar-refractivity contribution < 1.29 is 16.8 Å². The molecule has 12 heavy (non-hydrogen) atoms. The van der Waals surface area contributed by atoms with E-state index in [0.29, 0.717) is 6.54 Å². The van der Waals surface area contributed by atoms with Gasteiger partial charge in [0.2, 0.25) is 0 Å². The van der Waals surface area contributed by atoms with E-state index in [1.807, 2.05) is 0 Å². The zero-order chi connectivity index (χ0) is 9.78. The van der Waals surface area contributed by atoms with Gasteiger partial charge >= 0.3 is 10.4 Å². The van der Waals surface area contributed by atoms with Gasteiger partial charge in [-0.3, -0.25) is 0 Å². The molecular formula is C5H12F2N2O2S. The van der Waals surface area contributed by atoms with E-state index in [1.54, 1.807) is 19.0 Å². The van der Waals surface area contributed by atoms with E-state index >= 15 is 0 Å². The average Bonchev–Trinajstić information content (AvgIpc) is 1.84. The fourth-order valence-electron chi connectivity index (χ4n) is 0.620. The number of hydrogen-bond donors (Lipinski definition) is 0. The lowest BCUT2D eigenvalue weighted by atomic mass is 10.4. The molecule has 0 spiro atoms. The summed E-state index contributed by atoms with van der Waals surface area (Å²) in [5, 5.41) is 0. The van der Waals surface area contributed by atoms with Crippen molar-refractivity contribution in [1.82, 2.24) is 9.43 Å². The van der Waals surface area contributed by atoms with Crippen LogP contribution in [0.25, 0.3) is 0 Å². The highest BCUT2D eigenvalue weighted by Gasteiger charge is 2.19. The molecule has 74 valence electrons. The Bertz CT molecular complexity index is 217. The SMILES string of the molecule is CN(C)CCCN(F)S(=O)(=O)F. The minimum atomic E-state index is -5.15. The molecule has 0 aromatic rings. The van der Waals surface area contributed by atoms with Crippen LogP contribution in [0.2, 0.25) is 0 Å². The largest absolute Gasteiger partial charge is 0.401 e. The zero-order valence-electron chi connectivity index (χ0n) is 7.00. The third-order valence-corrected chi connectivity index (χ3v) is 1.83. The van der Waals surface area contributed by atoms with E-state index in [2.05, 4.69) is 0 Å². The molecule has 0 radical (unpaired) electrons. The molecule has 0 aliphatic carbocycles. The molecule has 0 N–H and O–H groups in total. The van der Waals surface area contributed by atoms with Gasteiger partial charge in [0.15, 0.2) is 0 Å². The molecule has 0 saturated carbocycles. The van der Waals surface area contributed by atoms with Gasteiger partial charge in [-0.1, -0.05) is 3.89 Å². The van der Waals surface area contributed by atoms with Gasteiger partial charge in [-0.15, -0.1) is 4.48 Å². The number of hydrogen-bond acceptors (Lipinski definition) is 3. The highest BCUT2D eigenvalue weighted by Crippen LogP contribution is 2.03. The first-order valence-corrected chi connectivity index (χ1v) is 4.71. The molecule has 0 atom stereocenters. The maximum atomic E-state index is 12.2. The molecule has 0 aliphatic heterocycles. The van der Waals surface area contributed by atoms with Gasteiger partial charge in [-0.2, -0.15) is 8.42 Å². The van der Waals surface area contributed by atoms with E-state index in [-0.39, 0.29) is 6.42 Å². The van der Waals surface area contributed by atoms with Crippen LogP contribution >= 0.6 is 0 Å². The van der Waals surface area contributed by atoms with Crippen LogP contribution in [0.4, 0.5) is 8.37 Å². The monoisotopic (exact) mass is 202 g/mol. The van der Waals surface area contributed by atoms with Gasteiger partial charge in [-0.05, 0) is 31.6 Å². The van der Waals surface area contributed by atoms with Crippen molar-refractivity contribution in [1.29, 1.82) is 0 Å². The summed E-state index contributed by atoms with van der Waals surface area (Å²) in [6, 6.07) is 0. The van der Waals surface area contributed by atoms with Crippen LogP contribution < -0.4 is 0 Å². The predicted octanol–water partition coefficient (Wildman–Crippen LogP) is 0.339. The van der Waals surface area contributed by atoms with Crippen molar-refractivity contribution in [2.24, 2.45) is 0 Å². The Morgan fingerprint density at radius 3 is 2.08 bits per heavy atom. The third-order valence-electron chi connectivity index (χ3n) is 1.18. The summed E-state index contributed by atoms with van der Waals surface area (Å²) < 4.78 is 43.0. The molecule has 0 bridgehead atoms. The molecule has 0 aromatic carbocycles. The van der Waals surface area contributed by atoms with Gasteiger partial charge in [-0.25, -0.2) is 0 Å². The van der Waals surface area contributed by atoms with Crippen molar-refractivity contribution in [3.8, 4) is 0 Å². The van der Waals surface area contributed by atoms with Gasteiger partial charge in [0.25, 0.3) is 0 Å². The van der Waals surface area contributed by atoms with Crippen LogP contribution in [0.5, 0.6) is 0 Å². The van der Waals surface area contributed by atoms with Crippen LogP contribution in [0.15, 0.2) is 0 Å². The van der Waals surface area contributed by atoms with Crippen molar-refractivity contribution in [3.05, 3.63) is 0 Å². The standard InChI is InChI=1S/C5H12F2N2O2S/c1-8(2)4-3-5-9(6)12(7,10)11/h3-5H2,1-2H3.